The molecule has 6 nitrogen and oxygen atoms in total. The number of hydrogen-bond acceptors (Lipinski definition) is 5. The minimum Gasteiger partial charge on any atom is -0.497 e. The predicted octanol–water partition coefficient (Wildman–Crippen LogP) is 3.03. The fourth-order valence-electron chi connectivity index (χ4n) is 3.04. The third-order valence-electron chi connectivity index (χ3n) is 4.47. The van der Waals surface area contributed by atoms with Gasteiger partial charge >= 0.3 is 11.9 Å². The Bertz CT molecular complexity index is 583. The van der Waals surface area contributed by atoms with E-state index < -0.39 is 11.9 Å². The Labute approximate surface area is 141 Å². The van der Waals surface area contributed by atoms with E-state index in [1.165, 1.54) is 0 Å². The smallest absolute Gasteiger partial charge is 0.309 e. The average molecular weight is 336 g/mol. The molecule has 0 spiro atoms. The van der Waals surface area contributed by atoms with Crippen LogP contribution >= 0.6 is 0 Å². The zero-order valence-electron chi connectivity index (χ0n) is 14.1. The van der Waals surface area contributed by atoms with Gasteiger partial charge < -0.3 is 19.3 Å². The maximum Gasteiger partial charge on any atom is 0.309 e. The van der Waals surface area contributed by atoms with Crippen LogP contribution in [-0.4, -0.2) is 31.3 Å². The Morgan fingerprint density at radius 3 is 2.46 bits per heavy atom. The van der Waals surface area contributed by atoms with Gasteiger partial charge in [0.05, 0.1) is 26.1 Å². The van der Waals surface area contributed by atoms with E-state index in [1.54, 1.807) is 32.4 Å². The first-order valence-electron chi connectivity index (χ1n) is 8.15. The first-order valence-corrected chi connectivity index (χ1v) is 8.15. The number of hydrogen-bond donors (Lipinski definition) is 1. The third kappa shape index (κ3) is 4.63. The predicted molar refractivity (Wildman–Crippen MR) is 87.0 cm³/mol. The summed E-state index contributed by atoms with van der Waals surface area (Å²) in [6.07, 6.45) is 3.37. The molecule has 0 aromatic heterocycles. The molecule has 1 aliphatic rings. The molecule has 0 amide bonds. The molecule has 2 rings (SSSR count). The molecule has 1 fully saturated rings. The number of aliphatic carboxylic acids is 1. The average Bonchev–Trinajstić information content (AvgIpc) is 2.85. The Morgan fingerprint density at radius 1 is 1.12 bits per heavy atom. The number of rotatable bonds is 6. The highest BCUT2D eigenvalue weighted by Gasteiger charge is 2.30. The van der Waals surface area contributed by atoms with Crippen molar-refractivity contribution in [1.29, 1.82) is 0 Å². The van der Waals surface area contributed by atoms with Crippen LogP contribution < -0.4 is 9.47 Å². The Hall–Kier alpha value is -2.24. The Balaban J connectivity index is 1.98. The molecular formula is C18H24O6. The van der Waals surface area contributed by atoms with Gasteiger partial charge in [-0.3, -0.25) is 9.59 Å². The lowest BCUT2D eigenvalue weighted by Crippen LogP contribution is -2.23. The van der Waals surface area contributed by atoms with Crippen LogP contribution in [0, 0.1) is 11.8 Å². The number of ether oxygens (including phenoxy) is 3. The van der Waals surface area contributed by atoms with Crippen molar-refractivity contribution in [2.75, 3.05) is 14.2 Å². The van der Waals surface area contributed by atoms with Crippen molar-refractivity contribution in [2.45, 2.75) is 38.7 Å². The van der Waals surface area contributed by atoms with Gasteiger partial charge in [-0.25, -0.2) is 0 Å². The topological polar surface area (TPSA) is 82.1 Å². The normalized spacial score (nSPS) is 20.8. The van der Waals surface area contributed by atoms with Crippen LogP contribution in [0.5, 0.6) is 11.5 Å². The standard InChI is InChI=1S/C18H24O6/c1-22-15-8-7-14(16(10-15)23-2)11-24-18(21)13-6-4-3-5-12(9-13)17(19)20/h7-8,10,12-13H,3-6,9,11H2,1-2H3,(H,19,20)/t12-,13+/m1/s1. The molecule has 132 valence electrons. The third-order valence-corrected chi connectivity index (χ3v) is 4.47. The van der Waals surface area contributed by atoms with Gasteiger partial charge in [-0.2, -0.15) is 0 Å². The van der Waals surface area contributed by atoms with Crippen LogP contribution in [0.15, 0.2) is 18.2 Å². The number of benzene rings is 1. The van der Waals surface area contributed by atoms with Crippen molar-refractivity contribution < 1.29 is 28.9 Å². The van der Waals surface area contributed by atoms with Crippen molar-refractivity contribution >= 4 is 11.9 Å². The summed E-state index contributed by atoms with van der Waals surface area (Å²) >= 11 is 0. The minimum absolute atomic E-state index is 0.0975. The number of carbonyl (C=O) groups is 2. The van der Waals surface area contributed by atoms with Crippen LogP contribution in [0.2, 0.25) is 0 Å². The second-order valence-corrected chi connectivity index (χ2v) is 6.04. The minimum atomic E-state index is -0.827. The number of carboxylic acid groups (broad SMARTS) is 1. The lowest BCUT2D eigenvalue weighted by atomic mass is 9.93. The summed E-state index contributed by atoms with van der Waals surface area (Å²) in [7, 11) is 3.11. The molecule has 1 aromatic carbocycles. The maximum atomic E-state index is 12.3. The summed E-state index contributed by atoms with van der Waals surface area (Å²) in [4.78, 5) is 23.6. The van der Waals surface area contributed by atoms with E-state index in [4.69, 9.17) is 14.2 Å². The zero-order valence-corrected chi connectivity index (χ0v) is 14.1. The van der Waals surface area contributed by atoms with E-state index in [1.807, 2.05) is 0 Å². The monoisotopic (exact) mass is 336 g/mol. The van der Waals surface area contributed by atoms with Gasteiger partial charge in [-0.1, -0.05) is 12.8 Å². The van der Waals surface area contributed by atoms with Gasteiger partial charge in [0.25, 0.3) is 0 Å². The van der Waals surface area contributed by atoms with Gasteiger partial charge in [-0.05, 0) is 31.4 Å². The van der Waals surface area contributed by atoms with Crippen molar-refractivity contribution in [3.63, 3.8) is 0 Å². The van der Waals surface area contributed by atoms with Crippen LogP contribution in [0.4, 0.5) is 0 Å². The Kier molecular flexibility index (Phi) is 6.46. The van der Waals surface area contributed by atoms with E-state index in [9.17, 15) is 14.7 Å². The summed E-state index contributed by atoms with van der Waals surface area (Å²) in [5.41, 5.74) is 0.745. The van der Waals surface area contributed by atoms with Gasteiger partial charge in [0.2, 0.25) is 0 Å². The van der Waals surface area contributed by atoms with Crippen LogP contribution in [0.25, 0.3) is 0 Å². The molecule has 1 saturated carbocycles. The fourth-order valence-corrected chi connectivity index (χ4v) is 3.04. The van der Waals surface area contributed by atoms with E-state index in [2.05, 4.69) is 0 Å². The van der Waals surface area contributed by atoms with Crippen molar-refractivity contribution in [3.05, 3.63) is 23.8 Å². The quantitative estimate of drug-likeness (QED) is 0.635. The van der Waals surface area contributed by atoms with E-state index in [0.717, 1.165) is 18.4 Å². The first-order chi connectivity index (χ1) is 11.5. The van der Waals surface area contributed by atoms with Crippen molar-refractivity contribution in [3.8, 4) is 11.5 Å². The van der Waals surface area contributed by atoms with Gasteiger partial charge in [0.15, 0.2) is 0 Å². The number of esters is 1. The largest absolute Gasteiger partial charge is 0.497 e. The van der Waals surface area contributed by atoms with Crippen LogP contribution in [-0.2, 0) is 20.9 Å². The van der Waals surface area contributed by atoms with Crippen LogP contribution in [0.1, 0.15) is 37.7 Å². The molecule has 6 heteroatoms. The number of carboxylic acids is 1. The van der Waals surface area contributed by atoms with Gasteiger partial charge in [0.1, 0.15) is 18.1 Å². The van der Waals surface area contributed by atoms with Gasteiger partial charge in [-0.15, -0.1) is 0 Å². The fraction of sp³-hybridized carbons (Fsp3) is 0.556. The second-order valence-electron chi connectivity index (χ2n) is 6.04. The first kappa shape index (κ1) is 18.1. The summed E-state index contributed by atoms with van der Waals surface area (Å²) in [6.45, 7) is 0.0975. The molecular weight excluding hydrogens is 312 g/mol. The molecule has 0 aliphatic heterocycles. The maximum absolute atomic E-state index is 12.3. The highest BCUT2D eigenvalue weighted by atomic mass is 16.5. The SMILES string of the molecule is COc1ccc(COC(=O)[C@H]2CCCC[C@@H](C(=O)O)C2)c(OC)c1. The second kappa shape index (κ2) is 8.57. The molecule has 24 heavy (non-hydrogen) atoms. The molecule has 0 bridgehead atoms. The zero-order chi connectivity index (χ0) is 17.5. The molecule has 1 aliphatic carbocycles. The van der Waals surface area contributed by atoms with E-state index >= 15 is 0 Å². The van der Waals surface area contributed by atoms with E-state index in [0.29, 0.717) is 30.8 Å². The summed E-state index contributed by atoms with van der Waals surface area (Å²) in [5, 5.41) is 9.21. The Morgan fingerprint density at radius 2 is 1.83 bits per heavy atom. The molecule has 0 unspecified atom stereocenters. The number of carbonyl (C=O) groups excluding carboxylic acids is 1. The molecule has 1 N–H and O–H groups in total. The molecule has 2 atom stereocenters. The van der Waals surface area contributed by atoms with E-state index in [-0.39, 0.29) is 18.5 Å². The molecule has 0 heterocycles. The van der Waals surface area contributed by atoms with Gasteiger partial charge in [0, 0.05) is 11.6 Å². The highest BCUT2D eigenvalue weighted by Crippen LogP contribution is 2.30. The molecule has 0 radical (unpaired) electrons. The van der Waals surface area contributed by atoms with Crippen molar-refractivity contribution in [2.24, 2.45) is 11.8 Å². The number of methoxy groups -OCH3 is 2. The highest BCUT2D eigenvalue weighted by molar-refractivity contribution is 5.75. The van der Waals surface area contributed by atoms with Crippen molar-refractivity contribution in [1.82, 2.24) is 0 Å². The summed E-state index contributed by atoms with van der Waals surface area (Å²) < 4.78 is 15.8. The lowest BCUT2D eigenvalue weighted by molar-refractivity contribution is -0.151. The summed E-state index contributed by atoms with van der Waals surface area (Å²) in [6, 6.07) is 5.30. The van der Waals surface area contributed by atoms with Crippen LogP contribution in [0.3, 0.4) is 0 Å². The molecule has 0 saturated heterocycles. The lowest BCUT2D eigenvalue weighted by Gasteiger charge is -2.17. The molecule has 1 aromatic rings. The summed E-state index contributed by atoms with van der Waals surface area (Å²) in [5.74, 6) is -0.715.